The van der Waals surface area contributed by atoms with Gasteiger partial charge in [0.1, 0.15) is 0 Å². The number of carbonyl (C=O) groups is 2. The van der Waals surface area contributed by atoms with Gasteiger partial charge in [0.25, 0.3) is 0 Å². The number of alkyl halides is 3. The van der Waals surface area contributed by atoms with E-state index in [-0.39, 0.29) is 25.3 Å². The summed E-state index contributed by atoms with van der Waals surface area (Å²) in [6.07, 6.45) is -2.62. The minimum Gasteiger partial charge on any atom is -0.381 e. The molecule has 2 saturated heterocycles. The third-order valence-corrected chi connectivity index (χ3v) is 6.38. The van der Waals surface area contributed by atoms with Crippen LogP contribution in [0.4, 0.5) is 23.7 Å². The zero-order valence-corrected chi connectivity index (χ0v) is 15.5. The molecule has 1 aliphatic carbocycles. The fourth-order valence-electron chi connectivity index (χ4n) is 4.86. The number of hydrogen-bond donors (Lipinski definition) is 1. The lowest BCUT2D eigenvalue weighted by Gasteiger charge is -2.50. The van der Waals surface area contributed by atoms with E-state index in [2.05, 4.69) is 5.32 Å². The van der Waals surface area contributed by atoms with Crippen molar-refractivity contribution in [2.45, 2.75) is 38.3 Å². The van der Waals surface area contributed by atoms with Crippen LogP contribution in [0.25, 0.3) is 0 Å². The number of Topliss-reactive ketones (excluding diaryl/α,β-unsaturated/α-hetero) is 1. The lowest BCUT2D eigenvalue weighted by Crippen LogP contribution is -2.57. The average molecular weight is 396 g/mol. The predicted octanol–water partition coefficient (Wildman–Crippen LogP) is 4.03. The molecule has 2 aliphatic heterocycles. The molecule has 1 aromatic rings. The summed E-state index contributed by atoms with van der Waals surface area (Å²) in [5.41, 5.74) is 1.18. The zero-order valence-electron chi connectivity index (χ0n) is 15.5. The van der Waals surface area contributed by atoms with Crippen molar-refractivity contribution in [2.24, 2.45) is 11.3 Å². The molecule has 152 valence electrons. The first kappa shape index (κ1) is 19.2. The van der Waals surface area contributed by atoms with Gasteiger partial charge in [0, 0.05) is 49.4 Å². The number of halogens is 3. The van der Waals surface area contributed by atoms with E-state index >= 15 is 0 Å². The number of aryl methyl sites for hydroxylation is 1. The SMILES string of the molecule is O=C1CCc2cc(NC(=O)N3CCC(C(F)(F)F)C4(CCOCC4)C3)ccc21. The van der Waals surface area contributed by atoms with E-state index in [9.17, 15) is 22.8 Å². The first-order valence-corrected chi connectivity index (χ1v) is 9.65. The summed E-state index contributed by atoms with van der Waals surface area (Å²) in [6, 6.07) is 4.77. The van der Waals surface area contributed by atoms with Crippen molar-refractivity contribution >= 4 is 17.5 Å². The number of ketones is 1. The number of piperidine rings is 1. The van der Waals surface area contributed by atoms with Gasteiger partial charge in [-0.25, -0.2) is 4.79 Å². The number of benzene rings is 1. The van der Waals surface area contributed by atoms with E-state index in [1.807, 2.05) is 0 Å². The van der Waals surface area contributed by atoms with Gasteiger partial charge in [-0.3, -0.25) is 4.79 Å². The smallest absolute Gasteiger partial charge is 0.381 e. The highest BCUT2D eigenvalue weighted by atomic mass is 19.4. The minimum atomic E-state index is -4.27. The topological polar surface area (TPSA) is 58.6 Å². The number of likely N-dealkylation sites (tertiary alicyclic amines) is 1. The first-order valence-electron chi connectivity index (χ1n) is 9.65. The molecule has 1 N–H and O–H groups in total. The third-order valence-electron chi connectivity index (χ3n) is 6.38. The van der Waals surface area contributed by atoms with Gasteiger partial charge in [-0.2, -0.15) is 13.2 Å². The zero-order chi connectivity index (χ0) is 19.9. The Labute approximate surface area is 161 Å². The van der Waals surface area contributed by atoms with Crippen molar-refractivity contribution < 1.29 is 27.5 Å². The molecule has 1 spiro atoms. The molecule has 0 saturated carbocycles. The Kier molecular flexibility index (Phi) is 4.85. The number of nitrogens with zero attached hydrogens (tertiary/aromatic N) is 1. The van der Waals surface area contributed by atoms with Crippen LogP contribution in [0.15, 0.2) is 18.2 Å². The summed E-state index contributed by atoms with van der Waals surface area (Å²) in [7, 11) is 0. The Morgan fingerprint density at radius 1 is 1.21 bits per heavy atom. The van der Waals surface area contributed by atoms with Crippen LogP contribution in [0.5, 0.6) is 0 Å². The molecule has 1 atom stereocenters. The second-order valence-corrected chi connectivity index (χ2v) is 8.00. The molecule has 2 fully saturated rings. The molecular weight excluding hydrogens is 373 g/mol. The summed E-state index contributed by atoms with van der Waals surface area (Å²) < 4.78 is 46.1. The highest BCUT2D eigenvalue weighted by Gasteiger charge is 2.56. The van der Waals surface area contributed by atoms with Gasteiger partial charge in [0.2, 0.25) is 0 Å². The molecule has 1 unspecified atom stereocenters. The molecule has 0 aromatic heterocycles. The molecule has 2 amide bonds. The lowest BCUT2D eigenvalue weighted by molar-refractivity contribution is -0.232. The average Bonchev–Trinajstić information content (AvgIpc) is 3.01. The van der Waals surface area contributed by atoms with E-state index in [4.69, 9.17) is 4.74 Å². The summed E-state index contributed by atoms with van der Waals surface area (Å²) in [5.74, 6) is -1.30. The van der Waals surface area contributed by atoms with E-state index in [1.54, 1.807) is 18.2 Å². The molecule has 5 nitrogen and oxygen atoms in total. The van der Waals surface area contributed by atoms with Crippen LogP contribution in [0.1, 0.15) is 41.6 Å². The molecule has 0 radical (unpaired) electrons. The predicted molar refractivity (Wildman–Crippen MR) is 96.3 cm³/mol. The number of urea groups is 1. The van der Waals surface area contributed by atoms with Crippen molar-refractivity contribution in [3.8, 4) is 0 Å². The summed E-state index contributed by atoms with van der Waals surface area (Å²) in [6.45, 7) is 0.736. The maximum Gasteiger partial charge on any atom is 0.392 e. The molecule has 0 bridgehead atoms. The van der Waals surface area contributed by atoms with Crippen LogP contribution in [0, 0.1) is 11.3 Å². The first-order chi connectivity index (χ1) is 13.3. The summed E-state index contributed by atoms with van der Waals surface area (Å²) in [5, 5.41) is 2.79. The van der Waals surface area contributed by atoms with E-state index in [1.165, 1.54) is 4.90 Å². The highest BCUT2D eigenvalue weighted by molar-refractivity contribution is 6.01. The van der Waals surface area contributed by atoms with Crippen LogP contribution in [-0.4, -0.2) is 49.2 Å². The van der Waals surface area contributed by atoms with Gasteiger partial charge in [-0.05, 0) is 49.4 Å². The number of amides is 2. The van der Waals surface area contributed by atoms with Gasteiger partial charge >= 0.3 is 12.2 Å². The van der Waals surface area contributed by atoms with Crippen molar-refractivity contribution in [1.29, 1.82) is 0 Å². The summed E-state index contributed by atoms with van der Waals surface area (Å²) >= 11 is 0. The monoisotopic (exact) mass is 396 g/mol. The molecule has 3 aliphatic rings. The fraction of sp³-hybridized carbons (Fsp3) is 0.600. The van der Waals surface area contributed by atoms with Crippen LogP contribution < -0.4 is 5.32 Å². The Bertz CT molecular complexity index is 787. The van der Waals surface area contributed by atoms with Gasteiger partial charge in [-0.1, -0.05) is 0 Å². The number of fused-ring (bicyclic) bond motifs is 1. The molecule has 28 heavy (non-hydrogen) atoms. The maximum atomic E-state index is 13.6. The minimum absolute atomic E-state index is 0.0715. The van der Waals surface area contributed by atoms with Gasteiger partial charge in [0.05, 0.1) is 5.92 Å². The van der Waals surface area contributed by atoms with Crippen LogP contribution in [0.3, 0.4) is 0 Å². The Morgan fingerprint density at radius 3 is 2.68 bits per heavy atom. The number of nitrogens with one attached hydrogen (secondary N) is 1. The molecule has 1 aromatic carbocycles. The van der Waals surface area contributed by atoms with Gasteiger partial charge in [0.15, 0.2) is 5.78 Å². The lowest BCUT2D eigenvalue weighted by atomic mass is 9.66. The second kappa shape index (κ2) is 7.06. The molecular formula is C20H23F3N2O3. The van der Waals surface area contributed by atoms with Gasteiger partial charge in [-0.15, -0.1) is 0 Å². The Morgan fingerprint density at radius 2 is 1.96 bits per heavy atom. The number of hydrogen-bond acceptors (Lipinski definition) is 3. The maximum absolute atomic E-state index is 13.6. The number of rotatable bonds is 1. The normalized spacial score (nSPS) is 24.3. The van der Waals surface area contributed by atoms with E-state index in [0.29, 0.717) is 50.1 Å². The van der Waals surface area contributed by atoms with Crippen LogP contribution in [-0.2, 0) is 11.2 Å². The van der Waals surface area contributed by atoms with Crippen molar-refractivity contribution in [3.05, 3.63) is 29.3 Å². The Balaban J connectivity index is 1.49. The molecule has 4 rings (SSSR count). The number of carbonyl (C=O) groups excluding carboxylic acids is 2. The fourth-order valence-corrected chi connectivity index (χ4v) is 4.86. The van der Waals surface area contributed by atoms with Gasteiger partial charge < -0.3 is 15.0 Å². The third kappa shape index (κ3) is 3.50. The van der Waals surface area contributed by atoms with Crippen molar-refractivity contribution in [3.63, 3.8) is 0 Å². The van der Waals surface area contributed by atoms with Crippen molar-refractivity contribution in [1.82, 2.24) is 4.90 Å². The summed E-state index contributed by atoms with van der Waals surface area (Å²) in [4.78, 5) is 26.0. The standard InChI is InChI=1S/C20H23F3N2O3/c21-20(22,23)17-5-8-25(12-19(17)6-9-28-10-7-19)18(27)24-14-2-3-15-13(11-14)1-4-16(15)26/h2-3,11,17H,1,4-10,12H2,(H,24,27). The van der Waals surface area contributed by atoms with Crippen molar-refractivity contribution in [2.75, 3.05) is 31.6 Å². The Hall–Kier alpha value is -2.09. The molecule has 2 heterocycles. The largest absolute Gasteiger partial charge is 0.392 e. The second-order valence-electron chi connectivity index (χ2n) is 8.00. The van der Waals surface area contributed by atoms with Crippen LogP contribution in [0.2, 0.25) is 0 Å². The highest BCUT2D eigenvalue weighted by Crippen LogP contribution is 2.50. The van der Waals surface area contributed by atoms with E-state index in [0.717, 1.165) is 5.56 Å². The quantitative estimate of drug-likeness (QED) is 0.780. The van der Waals surface area contributed by atoms with E-state index < -0.39 is 23.5 Å². The van der Waals surface area contributed by atoms with Crippen LogP contribution >= 0.6 is 0 Å². The number of anilines is 1. The number of ether oxygens (including phenoxy) is 1. The molecule has 8 heteroatoms.